The Bertz CT molecular complexity index is 1370. The molecule has 4 atom stereocenters. The molecule has 1 aliphatic carbocycles. The quantitative estimate of drug-likeness (QED) is 0.218. The Balaban J connectivity index is 1.63. The van der Waals surface area contributed by atoms with Crippen molar-refractivity contribution in [2.75, 3.05) is 26.4 Å². The molecule has 0 saturated carbocycles. The number of benzene rings is 1. The zero-order valence-electron chi connectivity index (χ0n) is 22.5. The number of nitriles is 1. The lowest BCUT2D eigenvalue weighted by Gasteiger charge is -2.41. The number of pyridine rings is 1. The first kappa shape index (κ1) is 28.3. The van der Waals surface area contributed by atoms with E-state index in [1.165, 1.54) is 12.1 Å². The van der Waals surface area contributed by atoms with Crippen molar-refractivity contribution in [3.63, 3.8) is 0 Å². The molecule has 4 aliphatic rings. The SMILES string of the molecule is CC1(C)Cc2nc(C3CCOCC3)c3c(c2C([OH2+])C1)C1(CCOCC1I)O[C@@H]3c1ccc(C(F)(F)F)c(C#N)c1. The molecule has 1 aromatic carbocycles. The summed E-state index contributed by atoms with van der Waals surface area (Å²) in [5.74, 6) is 0.112. The summed E-state index contributed by atoms with van der Waals surface area (Å²) in [6.07, 6.45) is -2.22. The van der Waals surface area contributed by atoms with Gasteiger partial charge in [-0.25, -0.2) is 0 Å². The van der Waals surface area contributed by atoms with Crippen LogP contribution in [0.1, 0.15) is 102 Å². The van der Waals surface area contributed by atoms with Crippen LogP contribution in [0.2, 0.25) is 0 Å². The van der Waals surface area contributed by atoms with E-state index in [1.807, 2.05) is 0 Å². The van der Waals surface area contributed by atoms with E-state index in [0.29, 0.717) is 44.8 Å². The van der Waals surface area contributed by atoms with E-state index in [-0.39, 0.29) is 15.3 Å². The highest BCUT2D eigenvalue weighted by Gasteiger charge is 2.57. The maximum Gasteiger partial charge on any atom is 0.417 e. The van der Waals surface area contributed by atoms with Gasteiger partial charge in [-0.1, -0.05) is 42.5 Å². The second kappa shape index (κ2) is 10.2. The average Bonchev–Trinajstić information content (AvgIpc) is 3.24. The minimum atomic E-state index is -4.63. The third-order valence-corrected chi connectivity index (χ3v) is 10.3. The maximum atomic E-state index is 13.7. The maximum absolute atomic E-state index is 13.7. The summed E-state index contributed by atoms with van der Waals surface area (Å²) < 4.78 is 59.5. The molecule has 2 N–H and O–H groups in total. The molecule has 10 heteroatoms. The molecule has 214 valence electrons. The molecule has 2 aromatic rings. The fourth-order valence-corrected chi connectivity index (χ4v) is 8.14. The predicted molar refractivity (Wildman–Crippen MR) is 149 cm³/mol. The van der Waals surface area contributed by atoms with E-state index in [0.717, 1.165) is 53.4 Å². The number of aromatic nitrogens is 1. The molecule has 1 spiro atoms. The summed E-state index contributed by atoms with van der Waals surface area (Å²) in [5.41, 5.74) is 2.96. The van der Waals surface area contributed by atoms with Gasteiger partial charge < -0.3 is 19.3 Å². The van der Waals surface area contributed by atoms with Crippen LogP contribution in [0.3, 0.4) is 0 Å². The number of fused-ring (bicyclic) bond motifs is 4. The summed E-state index contributed by atoms with van der Waals surface area (Å²) in [7, 11) is 0. The van der Waals surface area contributed by atoms with Gasteiger partial charge in [0.25, 0.3) is 0 Å². The van der Waals surface area contributed by atoms with Gasteiger partial charge in [0.2, 0.25) is 0 Å². The Labute approximate surface area is 245 Å². The molecule has 0 radical (unpaired) electrons. The molecule has 0 amide bonds. The number of nitrogens with zero attached hydrogens (tertiary/aromatic N) is 2. The van der Waals surface area contributed by atoms with Crippen LogP contribution in [0.5, 0.6) is 0 Å². The molecular formula is C30H33F3IN2O4+. The highest BCUT2D eigenvalue weighted by molar-refractivity contribution is 14.1. The van der Waals surface area contributed by atoms with E-state index in [4.69, 9.17) is 19.2 Å². The van der Waals surface area contributed by atoms with Crippen LogP contribution in [0.4, 0.5) is 13.2 Å². The average molecular weight is 670 g/mol. The fraction of sp³-hybridized carbons (Fsp3) is 0.600. The van der Waals surface area contributed by atoms with Crippen molar-refractivity contribution < 1.29 is 32.5 Å². The Morgan fingerprint density at radius 2 is 1.88 bits per heavy atom. The van der Waals surface area contributed by atoms with Gasteiger partial charge in [0.15, 0.2) is 6.10 Å². The lowest BCUT2D eigenvalue weighted by atomic mass is 9.69. The van der Waals surface area contributed by atoms with Gasteiger partial charge in [-0.3, -0.25) is 4.98 Å². The molecule has 40 heavy (non-hydrogen) atoms. The minimum Gasteiger partial charge on any atom is -0.440 e. The van der Waals surface area contributed by atoms with Crippen LogP contribution in [-0.4, -0.2) is 40.4 Å². The van der Waals surface area contributed by atoms with Gasteiger partial charge in [0.05, 0.1) is 44.7 Å². The molecular weight excluding hydrogens is 636 g/mol. The Kier molecular flexibility index (Phi) is 7.22. The summed E-state index contributed by atoms with van der Waals surface area (Å²) in [4.78, 5) is 5.30. The Hall–Kier alpha value is -1.78. The molecule has 2 fully saturated rings. The van der Waals surface area contributed by atoms with E-state index in [2.05, 4.69) is 36.4 Å². The van der Waals surface area contributed by atoms with Crippen molar-refractivity contribution in [1.29, 1.82) is 5.26 Å². The highest BCUT2D eigenvalue weighted by atomic mass is 127. The third-order valence-electron chi connectivity index (χ3n) is 8.91. The number of alkyl halides is 4. The van der Waals surface area contributed by atoms with Crippen LogP contribution >= 0.6 is 22.6 Å². The smallest absolute Gasteiger partial charge is 0.417 e. The van der Waals surface area contributed by atoms with Gasteiger partial charge in [-0.15, -0.1) is 0 Å². The Morgan fingerprint density at radius 1 is 1.12 bits per heavy atom. The fourth-order valence-electron chi connectivity index (χ4n) is 7.12. The normalized spacial score (nSPS) is 30.1. The van der Waals surface area contributed by atoms with Crippen LogP contribution in [0.15, 0.2) is 18.2 Å². The van der Waals surface area contributed by atoms with Crippen LogP contribution in [0, 0.1) is 16.7 Å². The highest BCUT2D eigenvalue weighted by Crippen LogP contribution is 2.59. The topological polar surface area (TPSA) is 87.3 Å². The third kappa shape index (κ3) is 4.66. The first-order chi connectivity index (χ1) is 18.9. The zero-order chi connectivity index (χ0) is 28.4. The van der Waals surface area contributed by atoms with E-state index in [1.54, 1.807) is 6.07 Å². The van der Waals surface area contributed by atoms with Gasteiger partial charge >= 0.3 is 6.18 Å². The van der Waals surface area contributed by atoms with Crippen molar-refractivity contribution in [2.45, 2.75) is 79.8 Å². The summed E-state index contributed by atoms with van der Waals surface area (Å²) >= 11 is 2.37. The number of rotatable bonds is 2. The van der Waals surface area contributed by atoms with Crippen molar-refractivity contribution in [1.82, 2.24) is 4.98 Å². The van der Waals surface area contributed by atoms with E-state index < -0.39 is 35.1 Å². The van der Waals surface area contributed by atoms with Crippen molar-refractivity contribution in [3.8, 4) is 6.07 Å². The minimum absolute atomic E-state index is 0.0661. The lowest BCUT2D eigenvalue weighted by molar-refractivity contribution is -0.137. The molecule has 2 saturated heterocycles. The van der Waals surface area contributed by atoms with Gasteiger partial charge in [-0.05, 0) is 42.4 Å². The number of ether oxygens (including phenoxy) is 3. The van der Waals surface area contributed by atoms with Crippen LogP contribution in [-0.2, 0) is 32.4 Å². The summed E-state index contributed by atoms with van der Waals surface area (Å²) in [6, 6.07) is 5.51. The predicted octanol–water partition coefficient (Wildman–Crippen LogP) is 6.14. The number of halogens is 4. The molecule has 3 unspecified atom stereocenters. The molecule has 6 nitrogen and oxygen atoms in total. The zero-order valence-corrected chi connectivity index (χ0v) is 24.7. The van der Waals surface area contributed by atoms with Gasteiger partial charge in [0.1, 0.15) is 11.7 Å². The van der Waals surface area contributed by atoms with E-state index >= 15 is 0 Å². The van der Waals surface area contributed by atoms with Crippen LogP contribution < -0.4 is 0 Å². The van der Waals surface area contributed by atoms with Gasteiger partial charge in [0, 0.05) is 49.7 Å². The van der Waals surface area contributed by atoms with E-state index in [9.17, 15) is 23.5 Å². The molecule has 1 aromatic heterocycles. The number of hydrogen-bond donors (Lipinski definition) is 0. The van der Waals surface area contributed by atoms with Crippen molar-refractivity contribution in [3.05, 3.63) is 63.0 Å². The number of hydrogen-bond acceptors (Lipinski definition) is 5. The second-order valence-electron chi connectivity index (χ2n) is 12.2. The lowest BCUT2D eigenvalue weighted by Crippen LogP contribution is -2.45. The summed E-state index contributed by atoms with van der Waals surface area (Å²) in [6.45, 7) is 6.54. The molecule has 3 aliphatic heterocycles. The monoisotopic (exact) mass is 669 g/mol. The first-order valence-corrected chi connectivity index (χ1v) is 15.1. The standard InChI is InChI=1S/C30H32F3IN2O4/c1-28(2)12-20-23(21(37)13-28)25-24(26(36-20)16-5-8-38-9-6-16)27(40-29(25)7-10-39-15-22(29)34)17-3-4-19(30(31,32)33)18(11-17)14-35/h3-4,11,16,21-22,27,37H,5-10,12-13,15H2,1-2H3/p+1/t21?,22?,27-,29?/m1/s1. The first-order valence-electron chi connectivity index (χ1n) is 13.8. The van der Waals surface area contributed by atoms with Crippen LogP contribution in [0.25, 0.3) is 0 Å². The second-order valence-corrected chi connectivity index (χ2v) is 13.7. The molecule has 6 rings (SSSR count). The molecule has 4 heterocycles. The van der Waals surface area contributed by atoms with Crippen molar-refractivity contribution >= 4 is 22.6 Å². The van der Waals surface area contributed by atoms with Crippen molar-refractivity contribution in [2.24, 2.45) is 5.41 Å². The summed E-state index contributed by atoms with van der Waals surface area (Å²) in [5, 5.41) is 18.9. The molecule has 0 bridgehead atoms. The largest absolute Gasteiger partial charge is 0.440 e. The van der Waals surface area contributed by atoms with Gasteiger partial charge in [-0.2, -0.15) is 18.4 Å². The Morgan fingerprint density at radius 3 is 2.55 bits per heavy atom.